The van der Waals surface area contributed by atoms with E-state index < -0.39 is 0 Å². The van der Waals surface area contributed by atoms with Crippen molar-refractivity contribution in [3.8, 4) is 0 Å². The third-order valence-corrected chi connectivity index (χ3v) is 4.48. The molecule has 0 aliphatic heterocycles. The Morgan fingerprint density at radius 2 is 1.90 bits per heavy atom. The zero-order valence-corrected chi connectivity index (χ0v) is 13.1. The zero-order valence-electron chi connectivity index (χ0n) is 11.5. The van der Waals surface area contributed by atoms with Crippen LogP contribution in [0.4, 0.5) is 4.39 Å². The molecule has 2 aromatic carbocycles. The Labute approximate surface area is 128 Å². The molecule has 2 N–H and O–H groups in total. The van der Waals surface area contributed by atoms with E-state index in [4.69, 9.17) is 17.3 Å². The summed E-state index contributed by atoms with van der Waals surface area (Å²) in [6, 6.07) is 11.0. The summed E-state index contributed by atoms with van der Waals surface area (Å²) in [5.74, 6) is 0.607. The Bertz CT molecular complexity index is 596. The van der Waals surface area contributed by atoms with Crippen molar-refractivity contribution in [3.63, 3.8) is 0 Å². The van der Waals surface area contributed by atoms with Crippen molar-refractivity contribution in [2.45, 2.75) is 30.5 Å². The van der Waals surface area contributed by atoms with Gasteiger partial charge in [-0.05, 0) is 54.8 Å². The van der Waals surface area contributed by atoms with Gasteiger partial charge in [0.05, 0.1) is 0 Å². The standard InChI is InChI=1S/C16H17ClFNS/c1-10-7-16(14(11(2)19)8-15(10)18)20-9-12-3-5-13(17)6-4-12/h3-8,11H,9,19H2,1-2H3/t11-/m1/s1. The summed E-state index contributed by atoms with van der Waals surface area (Å²) in [4.78, 5) is 1.04. The van der Waals surface area contributed by atoms with Gasteiger partial charge in [0.1, 0.15) is 5.82 Å². The molecule has 0 heterocycles. The maximum Gasteiger partial charge on any atom is 0.126 e. The van der Waals surface area contributed by atoms with E-state index in [0.717, 1.165) is 21.2 Å². The van der Waals surface area contributed by atoms with Crippen molar-refractivity contribution in [1.82, 2.24) is 0 Å². The van der Waals surface area contributed by atoms with Crippen LogP contribution in [0.25, 0.3) is 0 Å². The Balaban J connectivity index is 2.20. The monoisotopic (exact) mass is 309 g/mol. The lowest BCUT2D eigenvalue weighted by Gasteiger charge is -2.14. The number of thioether (sulfide) groups is 1. The maximum atomic E-state index is 13.6. The Morgan fingerprint density at radius 3 is 2.50 bits per heavy atom. The molecule has 0 radical (unpaired) electrons. The van der Waals surface area contributed by atoms with Crippen molar-refractivity contribution < 1.29 is 4.39 Å². The number of aryl methyl sites for hydroxylation is 1. The van der Waals surface area contributed by atoms with Crippen molar-refractivity contribution in [1.29, 1.82) is 0 Å². The van der Waals surface area contributed by atoms with Crippen molar-refractivity contribution in [2.24, 2.45) is 5.73 Å². The molecule has 2 rings (SSSR count). The predicted molar refractivity (Wildman–Crippen MR) is 84.8 cm³/mol. The second-order valence-electron chi connectivity index (χ2n) is 4.84. The molecule has 0 aliphatic carbocycles. The summed E-state index contributed by atoms with van der Waals surface area (Å²) in [5.41, 5.74) is 8.60. The molecule has 2 aromatic rings. The van der Waals surface area contributed by atoms with Crippen LogP contribution >= 0.6 is 23.4 Å². The molecule has 1 nitrogen and oxygen atoms in total. The highest BCUT2D eigenvalue weighted by Crippen LogP contribution is 2.31. The highest BCUT2D eigenvalue weighted by Gasteiger charge is 2.11. The molecule has 106 valence electrons. The number of hydrogen-bond donors (Lipinski definition) is 1. The molecular formula is C16H17ClFNS. The lowest BCUT2D eigenvalue weighted by atomic mass is 10.1. The fraction of sp³-hybridized carbons (Fsp3) is 0.250. The summed E-state index contributed by atoms with van der Waals surface area (Å²) in [5, 5.41) is 0.729. The van der Waals surface area contributed by atoms with E-state index in [0.29, 0.717) is 5.56 Å². The minimum atomic E-state index is -0.201. The predicted octanol–water partition coefficient (Wildman–Crippen LogP) is 5.10. The van der Waals surface area contributed by atoms with Gasteiger partial charge in [-0.3, -0.25) is 0 Å². The first-order valence-electron chi connectivity index (χ1n) is 6.40. The Kier molecular flexibility index (Phi) is 5.08. The van der Waals surface area contributed by atoms with Crippen LogP contribution in [0.5, 0.6) is 0 Å². The molecule has 0 saturated heterocycles. The van der Waals surface area contributed by atoms with Crippen LogP contribution in [0.15, 0.2) is 41.3 Å². The minimum Gasteiger partial charge on any atom is -0.324 e. The van der Waals surface area contributed by atoms with Gasteiger partial charge >= 0.3 is 0 Å². The van der Waals surface area contributed by atoms with E-state index in [1.54, 1.807) is 24.8 Å². The van der Waals surface area contributed by atoms with Gasteiger partial charge in [0.25, 0.3) is 0 Å². The van der Waals surface area contributed by atoms with E-state index >= 15 is 0 Å². The first-order chi connectivity index (χ1) is 9.47. The molecule has 0 bridgehead atoms. The maximum absolute atomic E-state index is 13.6. The van der Waals surface area contributed by atoms with E-state index in [-0.39, 0.29) is 11.9 Å². The molecule has 0 spiro atoms. The number of halogens is 2. The topological polar surface area (TPSA) is 26.0 Å². The second-order valence-corrected chi connectivity index (χ2v) is 6.30. The highest BCUT2D eigenvalue weighted by atomic mass is 35.5. The van der Waals surface area contributed by atoms with Gasteiger partial charge < -0.3 is 5.73 Å². The van der Waals surface area contributed by atoms with E-state index in [2.05, 4.69) is 0 Å². The zero-order chi connectivity index (χ0) is 14.7. The molecule has 0 amide bonds. The van der Waals surface area contributed by atoms with Gasteiger partial charge in [-0.25, -0.2) is 4.39 Å². The molecule has 20 heavy (non-hydrogen) atoms. The average Bonchev–Trinajstić information content (AvgIpc) is 2.41. The van der Waals surface area contributed by atoms with Gasteiger partial charge in [-0.1, -0.05) is 23.7 Å². The van der Waals surface area contributed by atoms with Crippen LogP contribution in [-0.4, -0.2) is 0 Å². The summed E-state index contributed by atoms with van der Waals surface area (Å²) < 4.78 is 13.6. The van der Waals surface area contributed by atoms with Gasteiger partial charge in [-0.2, -0.15) is 0 Å². The second kappa shape index (κ2) is 6.61. The molecule has 0 unspecified atom stereocenters. The first kappa shape index (κ1) is 15.4. The number of rotatable bonds is 4. The Morgan fingerprint density at radius 1 is 1.25 bits per heavy atom. The third-order valence-electron chi connectivity index (χ3n) is 3.09. The van der Waals surface area contributed by atoms with Crippen molar-refractivity contribution in [2.75, 3.05) is 0 Å². The summed E-state index contributed by atoms with van der Waals surface area (Å²) in [7, 11) is 0. The van der Waals surface area contributed by atoms with Gasteiger partial charge in [0.2, 0.25) is 0 Å². The first-order valence-corrected chi connectivity index (χ1v) is 7.76. The number of hydrogen-bond acceptors (Lipinski definition) is 2. The molecule has 4 heteroatoms. The SMILES string of the molecule is Cc1cc(SCc2ccc(Cl)cc2)c([C@@H](C)N)cc1F. The summed E-state index contributed by atoms with van der Waals surface area (Å²) in [6.45, 7) is 3.64. The Hall–Kier alpha value is -1.03. The quantitative estimate of drug-likeness (QED) is 0.795. The molecular weight excluding hydrogens is 293 g/mol. The van der Waals surface area contributed by atoms with Crippen LogP contribution in [0.1, 0.15) is 29.7 Å². The molecule has 1 atom stereocenters. The fourth-order valence-corrected chi connectivity index (χ4v) is 3.21. The van der Waals surface area contributed by atoms with E-state index in [1.165, 1.54) is 5.56 Å². The lowest BCUT2D eigenvalue weighted by molar-refractivity contribution is 0.610. The number of nitrogens with two attached hydrogens (primary N) is 1. The minimum absolute atomic E-state index is 0.183. The summed E-state index contributed by atoms with van der Waals surface area (Å²) in [6.07, 6.45) is 0. The van der Waals surface area contributed by atoms with Gasteiger partial charge in [0.15, 0.2) is 0 Å². The summed E-state index contributed by atoms with van der Waals surface area (Å²) >= 11 is 7.54. The fourth-order valence-electron chi connectivity index (χ4n) is 1.89. The van der Waals surface area contributed by atoms with Crippen LogP contribution in [0.3, 0.4) is 0 Å². The van der Waals surface area contributed by atoms with Crippen LogP contribution in [-0.2, 0) is 5.75 Å². The van der Waals surface area contributed by atoms with Crippen LogP contribution < -0.4 is 5.73 Å². The third kappa shape index (κ3) is 3.75. The van der Waals surface area contributed by atoms with E-state index in [1.807, 2.05) is 37.3 Å². The lowest BCUT2D eigenvalue weighted by Crippen LogP contribution is -2.07. The van der Waals surface area contributed by atoms with Crippen molar-refractivity contribution >= 4 is 23.4 Å². The van der Waals surface area contributed by atoms with Crippen LogP contribution in [0.2, 0.25) is 5.02 Å². The van der Waals surface area contributed by atoms with Gasteiger partial charge in [0, 0.05) is 21.7 Å². The number of benzene rings is 2. The normalized spacial score (nSPS) is 12.4. The van der Waals surface area contributed by atoms with Crippen LogP contribution in [0, 0.1) is 12.7 Å². The molecule has 0 aromatic heterocycles. The largest absolute Gasteiger partial charge is 0.324 e. The highest BCUT2D eigenvalue weighted by molar-refractivity contribution is 7.98. The average molecular weight is 310 g/mol. The molecule has 0 fully saturated rings. The molecule has 0 aliphatic rings. The van der Waals surface area contributed by atoms with Gasteiger partial charge in [-0.15, -0.1) is 11.8 Å². The molecule has 0 saturated carbocycles. The van der Waals surface area contributed by atoms with Crippen molar-refractivity contribution in [3.05, 3.63) is 63.9 Å². The smallest absolute Gasteiger partial charge is 0.126 e. The van der Waals surface area contributed by atoms with E-state index in [9.17, 15) is 4.39 Å².